The SMILES string of the molecule is COC(=O)COc1ccc(C(=O)c2ccc(OC)cc2)cc1. The lowest BCUT2D eigenvalue weighted by atomic mass is 10.0. The smallest absolute Gasteiger partial charge is 0.343 e. The van der Waals surface area contributed by atoms with Gasteiger partial charge in [-0.05, 0) is 48.5 Å². The molecular weight excluding hydrogens is 284 g/mol. The van der Waals surface area contributed by atoms with Crippen molar-refractivity contribution in [3.8, 4) is 11.5 Å². The largest absolute Gasteiger partial charge is 0.497 e. The van der Waals surface area contributed by atoms with E-state index in [1.54, 1.807) is 55.6 Å². The Morgan fingerprint density at radius 1 is 0.818 bits per heavy atom. The zero-order valence-corrected chi connectivity index (χ0v) is 12.4. The summed E-state index contributed by atoms with van der Waals surface area (Å²) in [6.45, 7) is -0.164. The molecular formula is C17H16O5. The lowest BCUT2D eigenvalue weighted by Gasteiger charge is -2.06. The summed E-state index contributed by atoms with van der Waals surface area (Å²) in [6, 6.07) is 13.5. The van der Waals surface area contributed by atoms with Gasteiger partial charge in [0.25, 0.3) is 0 Å². The third-order valence-corrected chi connectivity index (χ3v) is 3.05. The van der Waals surface area contributed by atoms with Crippen molar-refractivity contribution >= 4 is 11.8 Å². The average molecular weight is 300 g/mol. The molecule has 0 saturated carbocycles. The van der Waals surface area contributed by atoms with Crippen molar-refractivity contribution < 1.29 is 23.8 Å². The van der Waals surface area contributed by atoms with Crippen molar-refractivity contribution in [1.29, 1.82) is 0 Å². The second-order valence-electron chi connectivity index (χ2n) is 4.45. The fourth-order valence-electron chi connectivity index (χ4n) is 1.81. The Morgan fingerprint density at radius 2 is 1.32 bits per heavy atom. The van der Waals surface area contributed by atoms with Crippen LogP contribution in [0.1, 0.15) is 15.9 Å². The van der Waals surface area contributed by atoms with Crippen molar-refractivity contribution in [2.45, 2.75) is 0 Å². The second kappa shape index (κ2) is 7.26. The van der Waals surface area contributed by atoms with Crippen molar-refractivity contribution in [1.82, 2.24) is 0 Å². The van der Waals surface area contributed by atoms with Gasteiger partial charge in [-0.2, -0.15) is 0 Å². The lowest BCUT2D eigenvalue weighted by Crippen LogP contribution is -2.12. The molecule has 0 aliphatic rings. The molecule has 0 aliphatic heterocycles. The number of esters is 1. The van der Waals surface area contributed by atoms with E-state index in [0.29, 0.717) is 22.6 Å². The van der Waals surface area contributed by atoms with Crippen molar-refractivity contribution in [2.24, 2.45) is 0 Å². The summed E-state index contributed by atoms with van der Waals surface area (Å²) in [5, 5.41) is 0. The van der Waals surface area contributed by atoms with Gasteiger partial charge in [0, 0.05) is 11.1 Å². The quantitative estimate of drug-likeness (QED) is 0.606. The number of carbonyl (C=O) groups excluding carboxylic acids is 2. The first-order valence-corrected chi connectivity index (χ1v) is 6.62. The summed E-state index contributed by atoms with van der Waals surface area (Å²) in [5.41, 5.74) is 1.11. The summed E-state index contributed by atoms with van der Waals surface area (Å²) in [4.78, 5) is 23.3. The summed E-state index contributed by atoms with van der Waals surface area (Å²) in [5.74, 6) is 0.639. The van der Waals surface area contributed by atoms with Gasteiger partial charge in [-0.3, -0.25) is 4.79 Å². The Balaban J connectivity index is 2.05. The molecule has 0 aliphatic carbocycles. The fraction of sp³-hybridized carbons (Fsp3) is 0.176. The summed E-state index contributed by atoms with van der Waals surface area (Å²) in [6.07, 6.45) is 0. The van der Waals surface area contributed by atoms with Crippen LogP contribution in [0.15, 0.2) is 48.5 Å². The lowest BCUT2D eigenvalue weighted by molar-refractivity contribution is -0.142. The zero-order valence-electron chi connectivity index (χ0n) is 12.4. The van der Waals surface area contributed by atoms with Crippen LogP contribution in [0.2, 0.25) is 0 Å². The number of benzene rings is 2. The van der Waals surface area contributed by atoms with E-state index in [2.05, 4.69) is 4.74 Å². The molecule has 0 fully saturated rings. The minimum absolute atomic E-state index is 0.0952. The Morgan fingerprint density at radius 3 is 1.77 bits per heavy atom. The molecule has 22 heavy (non-hydrogen) atoms. The van der Waals surface area contributed by atoms with Gasteiger partial charge in [-0.15, -0.1) is 0 Å². The maximum atomic E-state index is 12.3. The number of ether oxygens (including phenoxy) is 3. The third-order valence-electron chi connectivity index (χ3n) is 3.05. The maximum absolute atomic E-state index is 12.3. The summed E-state index contributed by atoms with van der Waals surface area (Å²) in [7, 11) is 2.87. The summed E-state index contributed by atoms with van der Waals surface area (Å²) < 4.78 is 14.8. The monoisotopic (exact) mass is 300 g/mol. The minimum atomic E-state index is -0.460. The van der Waals surface area contributed by atoms with Crippen LogP contribution in [0.5, 0.6) is 11.5 Å². The van der Waals surface area contributed by atoms with E-state index in [1.807, 2.05) is 0 Å². The minimum Gasteiger partial charge on any atom is -0.497 e. The standard InChI is InChI=1S/C17H16O5/c1-20-14-7-3-12(4-8-14)17(19)13-5-9-15(10-6-13)22-11-16(18)21-2/h3-10H,11H2,1-2H3. The fourth-order valence-corrected chi connectivity index (χ4v) is 1.81. The molecule has 0 unspecified atom stereocenters. The van der Waals surface area contributed by atoms with E-state index < -0.39 is 5.97 Å². The highest BCUT2D eigenvalue weighted by molar-refractivity contribution is 6.09. The highest BCUT2D eigenvalue weighted by Gasteiger charge is 2.09. The first-order valence-electron chi connectivity index (χ1n) is 6.62. The normalized spacial score (nSPS) is 9.91. The molecule has 0 bridgehead atoms. The van der Waals surface area contributed by atoms with Gasteiger partial charge in [0.2, 0.25) is 0 Å². The van der Waals surface area contributed by atoms with Crippen LogP contribution < -0.4 is 9.47 Å². The van der Waals surface area contributed by atoms with E-state index in [9.17, 15) is 9.59 Å². The van der Waals surface area contributed by atoms with Crippen molar-refractivity contribution in [3.63, 3.8) is 0 Å². The molecule has 2 aromatic carbocycles. The van der Waals surface area contributed by atoms with Crippen LogP contribution in [0, 0.1) is 0 Å². The zero-order chi connectivity index (χ0) is 15.9. The first kappa shape index (κ1) is 15.6. The first-order chi connectivity index (χ1) is 10.6. The molecule has 2 aromatic rings. The van der Waals surface area contributed by atoms with E-state index >= 15 is 0 Å². The Labute approximate surface area is 128 Å². The molecule has 0 aromatic heterocycles. The molecule has 2 rings (SSSR count). The highest BCUT2D eigenvalue weighted by Crippen LogP contribution is 2.17. The number of hydrogen-bond acceptors (Lipinski definition) is 5. The molecule has 0 N–H and O–H groups in total. The molecule has 0 heterocycles. The van der Waals surface area contributed by atoms with Gasteiger partial charge in [-0.1, -0.05) is 0 Å². The van der Waals surface area contributed by atoms with Crippen LogP contribution in [0.4, 0.5) is 0 Å². The molecule has 0 amide bonds. The molecule has 0 spiro atoms. The van der Waals surface area contributed by atoms with Crippen LogP contribution in [-0.4, -0.2) is 32.6 Å². The van der Waals surface area contributed by atoms with E-state index in [-0.39, 0.29) is 12.4 Å². The van der Waals surface area contributed by atoms with Gasteiger partial charge < -0.3 is 14.2 Å². The maximum Gasteiger partial charge on any atom is 0.343 e. The Kier molecular flexibility index (Phi) is 5.14. The van der Waals surface area contributed by atoms with Gasteiger partial charge >= 0.3 is 5.97 Å². The Bertz CT molecular complexity index is 644. The van der Waals surface area contributed by atoms with Gasteiger partial charge in [0.05, 0.1) is 14.2 Å². The predicted molar refractivity (Wildman–Crippen MR) is 80.4 cm³/mol. The predicted octanol–water partition coefficient (Wildman–Crippen LogP) is 2.48. The van der Waals surface area contributed by atoms with Gasteiger partial charge in [-0.25, -0.2) is 4.79 Å². The van der Waals surface area contributed by atoms with Crippen LogP contribution >= 0.6 is 0 Å². The number of methoxy groups -OCH3 is 2. The molecule has 5 heteroatoms. The molecule has 0 radical (unpaired) electrons. The van der Waals surface area contributed by atoms with E-state index in [1.165, 1.54) is 7.11 Å². The number of hydrogen-bond donors (Lipinski definition) is 0. The molecule has 0 atom stereocenters. The van der Waals surface area contributed by atoms with Crippen molar-refractivity contribution in [3.05, 3.63) is 59.7 Å². The van der Waals surface area contributed by atoms with E-state index in [0.717, 1.165) is 0 Å². The average Bonchev–Trinajstić information content (AvgIpc) is 2.59. The molecule has 0 saturated heterocycles. The van der Waals surface area contributed by atoms with Crippen LogP contribution in [-0.2, 0) is 9.53 Å². The second-order valence-corrected chi connectivity index (χ2v) is 4.45. The van der Waals surface area contributed by atoms with Crippen LogP contribution in [0.25, 0.3) is 0 Å². The van der Waals surface area contributed by atoms with Crippen LogP contribution in [0.3, 0.4) is 0 Å². The molecule has 114 valence electrons. The van der Waals surface area contributed by atoms with Gasteiger partial charge in [0.15, 0.2) is 12.4 Å². The third kappa shape index (κ3) is 3.85. The van der Waals surface area contributed by atoms with Crippen molar-refractivity contribution in [2.75, 3.05) is 20.8 Å². The molecule has 5 nitrogen and oxygen atoms in total. The number of rotatable bonds is 6. The Hall–Kier alpha value is -2.82. The van der Waals surface area contributed by atoms with E-state index in [4.69, 9.17) is 9.47 Å². The number of carbonyl (C=O) groups is 2. The highest BCUT2D eigenvalue weighted by atomic mass is 16.6. The topological polar surface area (TPSA) is 61.8 Å². The number of ketones is 1. The van der Waals surface area contributed by atoms with Gasteiger partial charge in [0.1, 0.15) is 11.5 Å². The summed E-state index contributed by atoms with van der Waals surface area (Å²) >= 11 is 0.